The average molecular weight is 317 g/mol. The van der Waals surface area contributed by atoms with Crippen LogP contribution < -0.4 is 5.73 Å². The molecule has 6 heteroatoms. The molecule has 0 bridgehead atoms. The second-order valence-corrected chi connectivity index (χ2v) is 6.57. The first kappa shape index (κ1) is 16.0. The normalized spacial score (nSPS) is 24.0. The summed E-state index contributed by atoms with van der Waals surface area (Å²) in [4.78, 5) is 27.9. The highest BCUT2D eigenvalue weighted by Gasteiger charge is 2.57. The number of rotatable bonds is 4. The van der Waals surface area contributed by atoms with Gasteiger partial charge < -0.3 is 15.7 Å². The summed E-state index contributed by atoms with van der Waals surface area (Å²) in [5.74, 6) is -0.756. The number of primary amides is 1. The van der Waals surface area contributed by atoms with Crippen LogP contribution in [0.5, 0.6) is 0 Å². The Hall–Kier alpha value is -1.92. The predicted molar refractivity (Wildman–Crippen MR) is 85.2 cm³/mol. The highest BCUT2D eigenvalue weighted by atomic mass is 16.3. The average Bonchev–Trinajstić information content (AvgIpc) is 3.33. The molecule has 6 nitrogen and oxygen atoms in total. The minimum atomic E-state index is -1.01. The number of nitrogens with zero attached hydrogens (tertiary/aromatic N) is 2. The van der Waals surface area contributed by atoms with E-state index in [4.69, 9.17) is 5.73 Å². The van der Waals surface area contributed by atoms with Crippen molar-refractivity contribution in [2.45, 2.75) is 25.5 Å². The Bertz CT molecular complexity index is 586. The van der Waals surface area contributed by atoms with Crippen molar-refractivity contribution in [3.8, 4) is 0 Å². The second kappa shape index (κ2) is 6.29. The monoisotopic (exact) mass is 317 g/mol. The molecule has 0 spiro atoms. The first-order valence-electron chi connectivity index (χ1n) is 8.05. The molecule has 124 valence electrons. The molecule has 0 radical (unpaired) electrons. The maximum Gasteiger partial charge on any atom is 0.238 e. The summed E-state index contributed by atoms with van der Waals surface area (Å²) in [6.45, 7) is 2.70. The molecule has 1 heterocycles. The quantitative estimate of drug-likeness (QED) is 0.763. The summed E-state index contributed by atoms with van der Waals surface area (Å²) in [6.07, 6.45) is 0.442. The molecule has 1 atom stereocenters. The van der Waals surface area contributed by atoms with Gasteiger partial charge in [-0.1, -0.05) is 30.3 Å². The van der Waals surface area contributed by atoms with Crippen molar-refractivity contribution in [3.05, 3.63) is 35.9 Å². The molecule has 1 saturated heterocycles. The summed E-state index contributed by atoms with van der Waals surface area (Å²) in [5, 5.41) is 10.2. The van der Waals surface area contributed by atoms with Crippen LogP contribution in [0.4, 0.5) is 0 Å². The third-order valence-corrected chi connectivity index (χ3v) is 4.75. The number of hydrogen-bond donors (Lipinski definition) is 2. The number of amides is 2. The van der Waals surface area contributed by atoms with Gasteiger partial charge in [-0.15, -0.1) is 0 Å². The van der Waals surface area contributed by atoms with Gasteiger partial charge in [-0.25, -0.2) is 0 Å². The molecule has 3 N–H and O–H groups in total. The Morgan fingerprint density at radius 1 is 1.17 bits per heavy atom. The largest absolute Gasteiger partial charge is 0.390 e. The molecule has 1 aromatic carbocycles. The van der Waals surface area contributed by atoms with Gasteiger partial charge in [-0.05, 0) is 18.4 Å². The Morgan fingerprint density at radius 3 is 2.48 bits per heavy atom. The van der Waals surface area contributed by atoms with Gasteiger partial charge in [0, 0.05) is 32.7 Å². The Balaban J connectivity index is 1.64. The lowest BCUT2D eigenvalue weighted by Gasteiger charge is -2.25. The number of carbonyl (C=O) groups excluding carboxylic acids is 2. The van der Waals surface area contributed by atoms with Crippen LogP contribution in [0.15, 0.2) is 30.3 Å². The Kier molecular flexibility index (Phi) is 4.37. The van der Waals surface area contributed by atoms with Crippen LogP contribution in [0.2, 0.25) is 0 Å². The number of benzene rings is 1. The molecule has 1 unspecified atom stereocenters. The molecule has 1 saturated carbocycles. The second-order valence-electron chi connectivity index (χ2n) is 6.57. The fourth-order valence-electron chi connectivity index (χ4n) is 3.22. The zero-order chi connectivity index (χ0) is 16.4. The maximum atomic E-state index is 12.6. The molecule has 1 aromatic rings. The van der Waals surface area contributed by atoms with Crippen molar-refractivity contribution in [2.75, 3.05) is 26.2 Å². The van der Waals surface area contributed by atoms with E-state index in [1.807, 2.05) is 30.3 Å². The molecule has 2 aliphatic rings. The van der Waals surface area contributed by atoms with Crippen molar-refractivity contribution in [1.82, 2.24) is 9.80 Å². The van der Waals surface area contributed by atoms with E-state index in [1.165, 1.54) is 5.56 Å². The first-order chi connectivity index (χ1) is 11.0. The molecule has 2 amide bonds. The van der Waals surface area contributed by atoms with E-state index >= 15 is 0 Å². The lowest BCUT2D eigenvalue weighted by Crippen LogP contribution is -2.46. The zero-order valence-corrected chi connectivity index (χ0v) is 13.1. The molecule has 1 aliphatic carbocycles. The van der Waals surface area contributed by atoms with Gasteiger partial charge in [-0.3, -0.25) is 14.5 Å². The minimum Gasteiger partial charge on any atom is -0.390 e. The topological polar surface area (TPSA) is 86.9 Å². The lowest BCUT2D eigenvalue weighted by molar-refractivity contribution is -0.143. The van der Waals surface area contributed by atoms with Crippen LogP contribution in [0.3, 0.4) is 0 Å². The summed E-state index contributed by atoms with van der Waals surface area (Å²) in [7, 11) is 0. The first-order valence-corrected chi connectivity index (χ1v) is 8.05. The molecule has 2 fully saturated rings. The molecular formula is C17H23N3O3. The van der Waals surface area contributed by atoms with Crippen molar-refractivity contribution in [1.29, 1.82) is 0 Å². The minimum absolute atomic E-state index is 0.217. The third-order valence-electron chi connectivity index (χ3n) is 4.75. The van der Waals surface area contributed by atoms with Gasteiger partial charge in [0.15, 0.2) is 0 Å². The van der Waals surface area contributed by atoms with Crippen molar-refractivity contribution >= 4 is 11.8 Å². The highest BCUT2D eigenvalue weighted by molar-refractivity contribution is 6.07. The number of hydrogen-bond acceptors (Lipinski definition) is 4. The molecule has 0 aromatic heterocycles. The van der Waals surface area contributed by atoms with Gasteiger partial charge in [0.25, 0.3) is 0 Å². The van der Waals surface area contributed by atoms with E-state index in [1.54, 1.807) is 4.90 Å². The molecule has 23 heavy (non-hydrogen) atoms. The van der Waals surface area contributed by atoms with E-state index in [0.717, 1.165) is 6.54 Å². The van der Waals surface area contributed by atoms with Gasteiger partial charge in [0.1, 0.15) is 5.41 Å². The number of nitrogens with two attached hydrogens (primary N) is 1. The SMILES string of the molecule is NC(=O)C1(C(=O)N2CCN(Cc3ccccc3)CC(O)C2)CC1. The van der Waals surface area contributed by atoms with Gasteiger partial charge in [0.2, 0.25) is 11.8 Å². The highest BCUT2D eigenvalue weighted by Crippen LogP contribution is 2.47. The van der Waals surface area contributed by atoms with Crippen LogP contribution in [-0.2, 0) is 16.1 Å². The van der Waals surface area contributed by atoms with E-state index in [2.05, 4.69) is 4.90 Å². The van der Waals surface area contributed by atoms with Crippen molar-refractivity contribution < 1.29 is 14.7 Å². The molecule has 3 rings (SSSR count). The van der Waals surface area contributed by atoms with Crippen molar-refractivity contribution in [2.24, 2.45) is 11.1 Å². The summed E-state index contributed by atoms with van der Waals surface area (Å²) in [5.41, 5.74) is 5.55. The Morgan fingerprint density at radius 2 is 1.87 bits per heavy atom. The van der Waals surface area contributed by atoms with E-state index in [-0.39, 0.29) is 12.5 Å². The van der Waals surface area contributed by atoms with Crippen LogP contribution in [0, 0.1) is 5.41 Å². The fourth-order valence-corrected chi connectivity index (χ4v) is 3.22. The summed E-state index contributed by atoms with van der Waals surface area (Å²) >= 11 is 0. The maximum absolute atomic E-state index is 12.6. The van der Waals surface area contributed by atoms with Crippen LogP contribution in [-0.4, -0.2) is 59.0 Å². The summed E-state index contributed by atoms with van der Waals surface area (Å²) in [6, 6.07) is 10.0. The zero-order valence-electron chi connectivity index (χ0n) is 13.1. The van der Waals surface area contributed by atoms with Crippen molar-refractivity contribution in [3.63, 3.8) is 0 Å². The van der Waals surface area contributed by atoms with Crippen LogP contribution in [0.1, 0.15) is 18.4 Å². The molecular weight excluding hydrogens is 294 g/mol. The van der Waals surface area contributed by atoms with Gasteiger partial charge in [0.05, 0.1) is 6.10 Å². The number of β-amino-alcohol motifs (C(OH)–C–C–N with tert-alkyl or cyclic N) is 1. The summed E-state index contributed by atoms with van der Waals surface area (Å²) < 4.78 is 0. The van der Waals surface area contributed by atoms with E-state index in [0.29, 0.717) is 32.5 Å². The van der Waals surface area contributed by atoms with Gasteiger partial charge in [-0.2, -0.15) is 0 Å². The van der Waals surface area contributed by atoms with Gasteiger partial charge >= 0.3 is 0 Å². The van der Waals surface area contributed by atoms with E-state index < -0.39 is 17.4 Å². The number of aliphatic hydroxyl groups is 1. The smallest absolute Gasteiger partial charge is 0.238 e. The standard InChI is InChI=1S/C17H23N3O3/c18-15(22)17(6-7-17)16(23)20-9-8-19(11-14(21)12-20)10-13-4-2-1-3-5-13/h1-5,14,21H,6-12H2,(H2,18,22). The fraction of sp³-hybridized carbons (Fsp3) is 0.529. The number of aliphatic hydroxyl groups excluding tert-OH is 1. The van der Waals surface area contributed by atoms with Crippen LogP contribution in [0.25, 0.3) is 0 Å². The lowest BCUT2D eigenvalue weighted by atomic mass is 10.0. The molecule has 1 aliphatic heterocycles. The predicted octanol–water partition coefficient (Wildman–Crippen LogP) is -0.0428. The number of carbonyl (C=O) groups is 2. The Labute approximate surface area is 135 Å². The third kappa shape index (κ3) is 3.38. The van der Waals surface area contributed by atoms with E-state index in [9.17, 15) is 14.7 Å². The van der Waals surface area contributed by atoms with Crippen LogP contribution >= 0.6 is 0 Å².